The lowest BCUT2D eigenvalue weighted by atomic mass is 9.55. The summed E-state index contributed by atoms with van der Waals surface area (Å²) in [5.41, 5.74) is 5.19. The van der Waals surface area contributed by atoms with Crippen LogP contribution in [-0.4, -0.2) is 24.4 Å². The molecule has 0 unspecified atom stereocenters. The molecule has 3 aliphatic carbocycles. The zero-order valence-corrected chi connectivity index (χ0v) is 22.2. The van der Waals surface area contributed by atoms with E-state index in [1.54, 1.807) is 24.3 Å². The molecule has 3 aromatic carbocycles. The number of halogens is 1. The first-order valence-corrected chi connectivity index (χ1v) is 13.8. The summed E-state index contributed by atoms with van der Waals surface area (Å²) in [6.07, 6.45) is 4.13. The smallest absolute Gasteiger partial charge is 0.338 e. The second kappa shape index (κ2) is 9.25. The summed E-state index contributed by atoms with van der Waals surface area (Å²) in [5, 5.41) is 0. The summed E-state index contributed by atoms with van der Waals surface area (Å²) in [7, 11) is 0. The van der Waals surface area contributed by atoms with Gasteiger partial charge in [-0.05, 0) is 52.9 Å². The Morgan fingerprint density at radius 3 is 2.11 bits per heavy atom. The van der Waals surface area contributed by atoms with Gasteiger partial charge < -0.3 is 4.74 Å². The van der Waals surface area contributed by atoms with Crippen LogP contribution >= 0.6 is 15.9 Å². The van der Waals surface area contributed by atoms with E-state index in [1.807, 2.05) is 24.3 Å². The van der Waals surface area contributed by atoms with Gasteiger partial charge in [0.2, 0.25) is 11.8 Å². The molecular weight excluding hydrogens is 530 g/mol. The van der Waals surface area contributed by atoms with Crippen molar-refractivity contribution >= 4 is 39.4 Å². The predicted molar refractivity (Wildman–Crippen MR) is 145 cm³/mol. The quantitative estimate of drug-likeness (QED) is 0.147. The molecule has 3 aromatic rings. The Labute approximate surface area is 224 Å². The maximum atomic E-state index is 14.0. The van der Waals surface area contributed by atoms with Gasteiger partial charge in [-0.15, -0.1) is 0 Å². The number of ether oxygens (including phenoxy) is 1. The number of carbonyl (C=O) groups excluding carboxylic acids is 3. The summed E-state index contributed by atoms with van der Waals surface area (Å²) in [4.78, 5) is 41.7. The third kappa shape index (κ3) is 3.52. The van der Waals surface area contributed by atoms with E-state index in [0.29, 0.717) is 17.9 Å². The van der Waals surface area contributed by atoms with E-state index in [-0.39, 0.29) is 23.7 Å². The molecule has 4 aliphatic rings. The second-order valence-corrected chi connectivity index (χ2v) is 11.4. The minimum absolute atomic E-state index is 0.180. The zero-order valence-electron chi connectivity index (χ0n) is 20.7. The lowest BCUT2D eigenvalue weighted by Crippen LogP contribution is -2.50. The molecule has 0 radical (unpaired) electrons. The predicted octanol–water partition coefficient (Wildman–Crippen LogP) is 6.33. The molecule has 37 heavy (non-hydrogen) atoms. The van der Waals surface area contributed by atoms with Crippen molar-refractivity contribution in [1.29, 1.82) is 0 Å². The van der Waals surface area contributed by atoms with Crippen LogP contribution in [0.25, 0.3) is 0 Å². The number of unbranched alkanes of at least 4 members (excludes halogenated alkanes) is 3. The van der Waals surface area contributed by atoms with Gasteiger partial charge in [0.1, 0.15) is 0 Å². The van der Waals surface area contributed by atoms with Crippen molar-refractivity contribution in [3.05, 3.63) is 101 Å². The largest absolute Gasteiger partial charge is 0.462 e. The third-order valence-corrected chi connectivity index (χ3v) is 9.45. The fourth-order valence-corrected chi connectivity index (χ4v) is 7.66. The first-order chi connectivity index (χ1) is 18.0. The highest BCUT2D eigenvalue weighted by Gasteiger charge is 2.67. The highest BCUT2D eigenvalue weighted by atomic mass is 79.9. The number of rotatable bonds is 7. The van der Waals surface area contributed by atoms with Crippen LogP contribution in [0, 0.1) is 11.8 Å². The van der Waals surface area contributed by atoms with Gasteiger partial charge >= 0.3 is 5.97 Å². The number of nitrogens with zero attached hydrogens (tertiary/aromatic N) is 1. The van der Waals surface area contributed by atoms with Crippen molar-refractivity contribution in [2.24, 2.45) is 11.8 Å². The SMILES string of the molecule is CCCCCCOC(=O)c1ccc(N2C(=O)[C@H]3C4c5ccccc5C(Br)(c5ccccc54)[C@H]3C2=O)cc1. The minimum atomic E-state index is -0.775. The average Bonchev–Trinajstić information content (AvgIpc) is 3.20. The van der Waals surface area contributed by atoms with Crippen LogP contribution in [0.3, 0.4) is 0 Å². The number of carbonyl (C=O) groups is 3. The van der Waals surface area contributed by atoms with Crippen molar-refractivity contribution < 1.29 is 19.1 Å². The average molecular weight is 558 g/mol. The number of imide groups is 1. The van der Waals surface area contributed by atoms with Crippen LogP contribution in [0.1, 0.15) is 71.1 Å². The number of alkyl halides is 1. The fraction of sp³-hybridized carbons (Fsp3) is 0.323. The summed E-state index contributed by atoms with van der Waals surface area (Å²) in [6, 6.07) is 22.8. The van der Waals surface area contributed by atoms with Crippen molar-refractivity contribution in [3.8, 4) is 0 Å². The summed E-state index contributed by atoms with van der Waals surface area (Å²) >= 11 is 4.01. The Morgan fingerprint density at radius 2 is 1.49 bits per heavy atom. The third-order valence-electron chi connectivity index (χ3n) is 8.11. The standard InChI is InChI=1S/C31H28BrNO4/c1-2-3-4-9-18-37-30(36)19-14-16-20(17-15-19)33-28(34)26-25-21-10-5-7-12-23(21)31(32,27(26)29(33)35)24-13-8-6-11-22(24)25/h5-8,10-17,25-27H,2-4,9,18H2,1H3/t25?,26-,27+,31?/m0/s1. The van der Waals surface area contributed by atoms with Gasteiger partial charge in [-0.3, -0.25) is 9.59 Å². The maximum Gasteiger partial charge on any atom is 0.338 e. The highest BCUT2D eigenvalue weighted by molar-refractivity contribution is 9.09. The lowest BCUT2D eigenvalue weighted by molar-refractivity contribution is -0.122. The molecule has 0 saturated carbocycles. The topological polar surface area (TPSA) is 63.7 Å². The van der Waals surface area contributed by atoms with Gasteiger partial charge in [0.25, 0.3) is 0 Å². The normalized spacial score (nSPS) is 25.0. The van der Waals surface area contributed by atoms with Crippen molar-refractivity contribution in [1.82, 2.24) is 0 Å². The van der Waals surface area contributed by atoms with Gasteiger partial charge in [0, 0.05) is 5.92 Å². The molecule has 1 fully saturated rings. The highest BCUT2D eigenvalue weighted by Crippen LogP contribution is 2.66. The zero-order chi connectivity index (χ0) is 25.7. The maximum absolute atomic E-state index is 14.0. The van der Waals surface area contributed by atoms with Crippen molar-refractivity contribution in [2.45, 2.75) is 42.8 Å². The van der Waals surface area contributed by atoms with Crippen LogP contribution in [0.4, 0.5) is 5.69 Å². The minimum Gasteiger partial charge on any atom is -0.462 e. The van der Waals surface area contributed by atoms with E-state index in [0.717, 1.165) is 47.9 Å². The van der Waals surface area contributed by atoms with E-state index >= 15 is 0 Å². The van der Waals surface area contributed by atoms with Gasteiger partial charge in [-0.1, -0.05) is 90.6 Å². The summed E-state index contributed by atoms with van der Waals surface area (Å²) < 4.78 is 4.61. The molecule has 2 amide bonds. The first-order valence-electron chi connectivity index (χ1n) is 13.0. The monoisotopic (exact) mass is 557 g/mol. The lowest BCUT2D eigenvalue weighted by Gasteiger charge is -2.51. The van der Waals surface area contributed by atoms with E-state index < -0.39 is 16.2 Å². The van der Waals surface area contributed by atoms with Crippen LogP contribution in [0.15, 0.2) is 72.8 Å². The van der Waals surface area contributed by atoms with Gasteiger partial charge in [0.15, 0.2) is 0 Å². The molecule has 2 bridgehead atoms. The van der Waals surface area contributed by atoms with E-state index in [9.17, 15) is 14.4 Å². The van der Waals surface area contributed by atoms with Crippen LogP contribution in [-0.2, 0) is 18.7 Å². The number of anilines is 1. The van der Waals surface area contributed by atoms with Crippen molar-refractivity contribution in [2.75, 3.05) is 11.5 Å². The molecular formula is C31H28BrNO4. The molecule has 2 atom stereocenters. The Hall–Kier alpha value is -3.25. The Bertz CT molecular complexity index is 1350. The number of hydrogen-bond acceptors (Lipinski definition) is 4. The Morgan fingerprint density at radius 1 is 0.865 bits per heavy atom. The number of amides is 2. The fourth-order valence-electron chi connectivity index (χ4n) is 6.46. The van der Waals surface area contributed by atoms with Gasteiger partial charge in [-0.2, -0.15) is 0 Å². The van der Waals surface area contributed by atoms with Gasteiger partial charge in [-0.25, -0.2) is 9.69 Å². The molecule has 1 heterocycles. The van der Waals surface area contributed by atoms with Gasteiger partial charge in [0.05, 0.1) is 34.0 Å². The van der Waals surface area contributed by atoms with Crippen LogP contribution in [0.5, 0.6) is 0 Å². The molecule has 6 heteroatoms. The van der Waals surface area contributed by atoms with Crippen molar-refractivity contribution in [3.63, 3.8) is 0 Å². The first kappa shape index (κ1) is 24.1. The Kier molecular flexibility index (Phi) is 6.03. The summed E-state index contributed by atoms with van der Waals surface area (Å²) in [5.74, 6) is -2.03. The Balaban J connectivity index is 1.31. The number of hydrogen-bond donors (Lipinski definition) is 0. The number of esters is 1. The molecule has 0 N–H and O–H groups in total. The molecule has 188 valence electrons. The molecule has 1 aliphatic heterocycles. The molecule has 1 saturated heterocycles. The molecule has 5 nitrogen and oxygen atoms in total. The summed E-state index contributed by atoms with van der Waals surface area (Å²) in [6.45, 7) is 2.53. The molecule has 7 rings (SSSR count). The van der Waals surface area contributed by atoms with E-state index in [1.165, 1.54) is 4.90 Å². The number of benzene rings is 3. The van der Waals surface area contributed by atoms with Crippen LogP contribution in [0.2, 0.25) is 0 Å². The molecule has 0 aromatic heterocycles. The van der Waals surface area contributed by atoms with E-state index in [4.69, 9.17) is 4.74 Å². The molecule has 0 spiro atoms. The second-order valence-electron chi connectivity index (χ2n) is 10.1. The van der Waals surface area contributed by atoms with E-state index in [2.05, 4.69) is 47.1 Å². The van der Waals surface area contributed by atoms with Crippen LogP contribution < -0.4 is 4.90 Å².